The van der Waals surface area contributed by atoms with Crippen molar-refractivity contribution >= 4 is 17.5 Å². The summed E-state index contributed by atoms with van der Waals surface area (Å²) < 4.78 is 14.6. The molecule has 0 aliphatic carbocycles. The molecule has 2 N–H and O–H groups in total. The van der Waals surface area contributed by atoms with Gasteiger partial charge in [-0.15, -0.1) is 0 Å². The smallest absolute Gasteiger partial charge is 0.269 e. The lowest BCUT2D eigenvalue weighted by Gasteiger charge is -2.07. The SMILES string of the molecule is NC(=O)c1cc(-c2ccc(Cl)cc2)n(-c2ccc(F)cc2)n1. The molecule has 3 rings (SSSR count). The summed E-state index contributed by atoms with van der Waals surface area (Å²) in [5.74, 6) is -0.977. The van der Waals surface area contributed by atoms with Gasteiger partial charge in [0.05, 0.1) is 11.4 Å². The van der Waals surface area contributed by atoms with Gasteiger partial charge in [0.1, 0.15) is 5.82 Å². The minimum absolute atomic E-state index is 0.134. The molecule has 0 radical (unpaired) electrons. The Morgan fingerprint density at radius 3 is 2.32 bits per heavy atom. The highest BCUT2D eigenvalue weighted by Crippen LogP contribution is 2.25. The number of aromatic nitrogens is 2. The van der Waals surface area contributed by atoms with Crippen LogP contribution in [0, 0.1) is 5.82 Å². The molecule has 2 aromatic carbocycles. The van der Waals surface area contributed by atoms with Crippen molar-refractivity contribution in [1.82, 2.24) is 9.78 Å². The van der Waals surface area contributed by atoms with Gasteiger partial charge in [-0.3, -0.25) is 4.79 Å². The van der Waals surface area contributed by atoms with E-state index in [0.717, 1.165) is 5.56 Å². The minimum Gasteiger partial charge on any atom is -0.364 e. The number of carbonyl (C=O) groups excluding carboxylic acids is 1. The third kappa shape index (κ3) is 2.71. The van der Waals surface area contributed by atoms with Crippen molar-refractivity contribution in [3.05, 3.63) is 71.1 Å². The summed E-state index contributed by atoms with van der Waals surface area (Å²) in [4.78, 5) is 11.4. The van der Waals surface area contributed by atoms with E-state index in [4.69, 9.17) is 17.3 Å². The van der Waals surface area contributed by atoms with Gasteiger partial charge < -0.3 is 5.73 Å². The molecular formula is C16H11ClFN3O. The lowest BCUT2D eigenvalue weighted by molar-refractivity contribution is 0.0995. The van der Waals surface area contributed by atoms with Crippen LogP contribution < -0.4 is 5.73 Å². The largest absolute Gasteiger partial charge is 0.364 e. The highest BCUT2D eigenvalue weighted by molar-refractivity contribution is 6.30. The van der Waals surface area contributed by atoms with Crippen molar-refractivity contribution in [2.45, 2.75) is 0 Å². The molecular weight excluding hydrogens is 305 g/mol. The zero-order valence-corrected chi connectivity index (χ0v) is 12.1. The molecule has 22 heavy (non-hydrogen) atoms. The predicted molar refractivity (Wildman–Crippen MR) is 82.5 cm³/mol. The number of carbonyl (C=O) groups is 1. The molecule has 110 valence electrons. The summed E-state index contributed by atoms with van der Waals surface area (Å²) in [6, 6.07) is 14.5. The lowest BCUT2D eigenvalue weighted by atomic mass is 10.1. The van der Waals surface area contributed by atoms with Crippen molar-refractivity contribution in [2.24, 2.45) is 5.73 Å². The number of benzene rings is 2. The maximum Gasteiger partial charge on any atom is 0.269 e. The fraction of sp³-hybridized carbons (Fsp3) is 0. The molecule has 0 saturated carbocycles. The summed E-state index contributed by atoms with van der Waals surface area (Å²) >= 11 is 5.89. The molecule has 0 unspecified atom stereocenters. The van der Waals surface area contributed by atoms with Gasteiger partial charge in [0.15, 0.2) is 5.69 Å². The van der Waals surface area contributed by atoms with Crippen LogP contribution >= 0.6 is 11.6 Å². The second kappa shape index (κ2) is 5.61. The number of rotatable bonds is 3. The average molecular weight is 316 g/mol. The van der Waals surface area contributed by atoms with Crippen LogP contribution in [0.5, 0.6) is 0 Å². The van der Waals surface area contributed by atoms with Gasteiger partial charge in [0.2, 0.25) is 0 Å². The van der Waals surface area contributed by atoms with Gasteiger partial charge in [0.25, 0.3) is 5.91 Å². The second-order valence-electron chi connectivity index (χ2n) is 4.67. The highest BCUT2D eigenvalue weighted by Gasteiger charge is 2.14. The summed E-state index contributed by atoms with van der Waals surface area (Å²) in [5.41, 5.74) is 7.54. The van der Waals surface area contributed by atoms with E-state index >= 15 is 0 Å². The van der Waals surface area contributed by atoms with E-state index in [9.17, 15) is 9.18 Å². The van der Waals surface area contributed by atoms with Gasteiger partial charge in [-0.25, -0.2) is 9.07 Å². The highest BCUT2D eigenvalue weighted by atomic mass is 35.5. The Hall–Kier alpha value is -2.66. The molecule has 0 spiro atoms. The van der Waals surface area contributed by atoms with Crippen LogP contribution in [-0.4, -0.2) is 15.7 Å². The Balaban J connectivity index is 2.17. The second-order valence-corrected chi connectivity index (χ2v) is 5.11. The van der Waals surface area contributed by atoms with Crippen LogP contribution in [0.4, 0.5) is 4.39 Å². The molecule has 0 atom stereocenters. The van der Waals surface area contributed by atoms with Crippen molar-refractivity contribution in [2.75, 3.05) is 0 Å². The first kappa shape index (κ1) is 14.3. The summed E-state index contributed by atoms with van der Waals surface area (Å²) in [7, 11) is 0. The first-order chi connectivity index (χ1) is 10.5. The summed E-state index contributed by atoms with van der Waals surface area (Å²) in [6.07, 6.45) is 0. The zero-order valence-electron chi connectivity index (χ0n) is 11.3. The number of halogens is 2. The zero-order chi connectivity index (χ0) is 15.7. The molecule has 0 aliphatic heterocycles. The van der Waals surface area contributed by atoms with E-state index in [0.29, 0.717) is 16.4 Å². The van der Waals surface area contributed by atoms with Crippen molar-refractivity contribution < 1.29 is 9.18 Å². The van der Waals surface area contributed by atoms with Crippen LogP contribution in [0.3, 0.4) is 0 Å². The Morgan fingerprint density at radius 2 is 1.73 bits per heavy atom. The normalized spacial score (nSPS) is 10.6. The lowest BCUT2D eigenvalue weighted by Crippen LogP contribution is -2.12. The third-order valence-electron chi connectivity index (χ3n) is 3.17. The van der Waals surface area contributed by atoms with Gasteiger partial charge in [-0.1, -0.05) is 23.7 Å². The maximum absolute atomic E-state index is 13.1. The Labute approximate surface area is 130 Å². The molecule has 0 bridgehead atoms. The number of nitrogens with zero attached hydrogens (tertiary/aromatic N) is 2. The van der Waals surface area contributed by atoms with Gasteiger partial charge in [-0.05, 0) is 42.5 Å². The van der Waals surface area contributed by atoms with Crippen molar-refractivity contribution in [3.8, 4) is 16.9 Å². The fourth-order valence-electron chi connectivity index (χ4n) is 2.11. The van der Waals surface area contributed by atoms with E-state index in [1.165, 1.54) is 12.1 Å². The van der Waals surface area contributed by atoms with E-state index < -0.39 is 5.91 Å². The molecule has 4 nitrogen and oxygen atoms in total. The van der Waals surface area contributed by atoms with E-state index in [-0.39, 0.29) is 11.5 Å². The van der Waals surface area contributed by atoms with Crippen LogP contribution in [0.25, 0.3) is 16.9 Å². The van der Waals surface area contributed by atoms with Crippen LogP contribution in [0.2, 0.25) is 5.02 Å². The standard InChI is InChI=1S/C16H11ClFN3O/c17-11-3-1-10(2-4-11)15-9-14(16(19)22)20-21(15)13-7-5-12(18)6-8-13/h1-9H,(H2,19,22). The van der Waals surface area contributed by atoms with E-state index in [2.05, 4.69) is 5.10 Å². The molecule has 1 amide bonds. The van der Waals surface area contributed by atoms with Crippen LogP contribution in [-0.2, 0) is 0 Å². The fourth-order valence-corrected chi connectivity index (χ4v) is 2.23. The predicted octanol–water partition coefficient (Wildman–Crippen LogP) is 3.43. The Bertz CT molecular complexity index is 763. The number of primary amides is 1. The molecule has 6 heteroatoms. The van der Waals surface area contributed by atoms with E-state index in [1.807, 2.05) is 12.1 Å². The quantitative estimate of drug-likeness (QED) is 0.805. The topological polar surface area (TPSA) is 60.9 Å². The molecule has 3 aromatic rings. The number of hydrogen-bond donors (Lipinski definition) is 1. The Kier molecular flexibility index (Phi) is 3.65. The maximum atomic E-state index is 13.1. The molecule has 1 aromatic heterocycles. The van der Waals surface area contributed by atoms with Crippen LogP contribution in [0.1, 0.15) is 10.5 Å². The first-order valence-electron chi connectivity index (χ1n) is 6.46. The number of amides is 1. The van der Waals surface area contributed by atoms with Gasteiger partial charge in [0, 0.05) is 10.6 Å². The monoisotopic (exact) mass is 315 g/mol. The third-order valence-corrected chi connectivity index (χ3v) is 3.42. The summed E-state index contributed by atoms with van der Waals surface area (Å²) in [5, 5.41) is 4.80. The Morgan fingerprint density at radius 1 is 1.09 bits per heavy atom. The van der Waals surface area contributed by atoms with Gasteiger partial charge >= 0.3 is 0 Å². The van der Waals surface area contributed by atoms with Gasteiger partial charge in [-0.2, -0.15) is 5.10 Å². The van der Waals surface area contributed by atoms with Crippen molar-refractivity contribution in [1.29, 1.82) is 0 Å². The van der Waals surface area contributed by atoms with Crippen molar-refractivity contribution in [3.63, 3.8) is 0 Å². The first-order valence-corrected chi connectivity index (χ1v) is 6.84. The minimum atomic E-state index is -0.629. The van der Waals surface area contributed by atoms with E-state index in [1.54, 1.807) is 35.0 Å². The summed E-state index contributed by atoms with van der Waals surface area (Å²) in [6.45, 7) is 0. The molecule has 0 fully saturated rings. The van der Waals surface area contributed by atoms with Crippen LogP contribution in [0.15, 0.2) is 54.6 Å². The molecule has 0 saturated heterocycles. The average Bonchev–Trinajstić information content (AvgIpc) is 2.94. The molecule has 0 aliphatic rings. The number of nitrogens with two attached hydrogens (primary N) is 1. The number of hydrogen-bond acceptors (Lipinski definition) is 2. The molecule has 1 heterocycles.